The van der Waals surface area contributed by atoms with Crippen LogP contribution in [0.2, 0.25) is 0 Å². The van der Waals surface area contributed by atoms with Gasteiger partial charge in [-0.25, -0.2) is 0 Å². The molecule has 13 heteroatoms. The lowest BCUT2D eigenvalue weighted by Gasteiger charge is -2.17. The molecule has 0 bridgehead atoms. The molecule has 0 atom stereocenters. The Balaban J connectivity index is 0.000000208. The lowest BCUT2D eigenvalue weighted by molar-refractivity contribution is 0.381. The van der Waals surface area contributed by atoms with E-state index < -0.39 is 10.4 Å². The topological polar surface area (TPSA) is 210 Å². The number of anilines is 2. The molecule has 0 amide bonds. The van der Waals surface area contributed by atoms with Crippen molar-refractivity contribution in [3.8, 4) is 0 Å². The van der Waals surface area contributed by atoms with Crippen LogP contribution in [0.25, 0.3) is 0 Å². The molecule has 0 fully saturated rings. The number of nitrogens with two attached hydrogens (primary N) is 4. The van der Waals surface area contributed by atoms with Gasteiger partial charge in [-0.1, -0.05) is 36.4 Å². The summed E-state index contributed by atoms with van der Waals surface area (Å²) < 4.78 is 31.6. The minimum Gasteiger partial charge on any atom is -0.370 e. The molecule has 12 nitrogen and oxygen atoms in total. The lowest BCUT2D eigenvalue weighted by Crippen LogP contribution is -2.27. The largest absolute Gasteiger partial charge is 0.394 e. The van der Waals surface area contributed by atoms with E-state index in [1.807, 2.05) is 0 Å². The van der Waals surface area contributed by atoms with Gasteiger partial charge < -0.3 is 32.7 Å². The fraction of sp³-hybridized carbons (Fsp3) is 0.364. The van der Waals surface area contributed by atoms with Crippen molar-refractivity contribution >= 4 is 33.7 Å². The summed E-state index contributed by atoms with van der Waals surface area (Å²) in [5.41, 5.74) is 26.6. The zero-order valence-electron chi connectivity index (χ0n) is 19.5. The molecule has 2 aromatic rings. The van der Waals surface area contributed by atoms with Crippen LogP contribution in [0.5, 0.6) is 0 Å². The van der Waals surface area contributed by atoms with Gasteiger partial charge in [0.05, 0.1) is 13.1 Å². The van der Waals surface area contributed by atoms with E-state index >= 15 is 0 Å². The number of rotatable bonds is 6. The quantitative estimate of drug-likeness (QED) is 0.175. The summed E-state index contributed by atoms with van der Waals surface area (Å²) in [6, 6.07) is 17.0. The maximum absolute atomic E-state index is 8.74. The van der Waals surface area contributed by atoms with Gasteiger partial charge in [0.15, 0.2) is 11.9 Å². The van der Waals surface area contributed by atoms with Crippen molar-refractivity contribution in [3.05, 3.63) is 59.7 Å². The van der Waals surface area contributed by atoms with E-state index in [-0.39, 0.29) is 11.9 Å². The van der Waals surface area contributed by atoms with E-state index in [4.69, 9.17) is 40.5 Å². The second-order valence-electron chi connectivity index (χ2n) is 7.79. The molecule has 0 saturated heterocycles. The smallest absolute Gasteiger partial charge is 0.370 e. The molecule has 2 heterocycles. The highest BCUT2D eigenvalue weighted by atomic mass is 32.3. The number of guanidine groups is 2. The van der Waals surface area contributed by atoms with Gasteiger partial charge in [0, 0.05) is 37.6 Å². The van der Waals surface area contributed by atoms with Gasteiger partial charge in [-0.3, -0.25) is 19.1 Å². The van der Waals surface area contributed by atoms with Crippen LogP contribution >= 0.6 is 0 Å². The average molecular weight is 507 g/mol. The fourth-order valence-corrected chi connectivity index (χ4v) is 3.88. The number of benzene rings is 2. The number of fused-ring (bicyclic) bond motifs is 2. The second-order valence-corrected chi connectivity index (χ2v) is 8.69. The second kappa shape index (κ2) is 13.4. The number of hydrogen-bond donors (Lipinski definition) is 6. The minimum absolute atomic E-state index is 0.169. The van der Waals surface area contributed by atoms with Gasteiger partial charge in [0.1, 0.15) is 0 Å². The van der Waals surface area contributed by atoms with Crippen LogP contribution in [0.15, 0.2) is 58.5 Å². The van der Waals surface area contributed by atoms with Gasteiger partial charge >= 0.3 is 10.4 Å². The van der Waals surface area contributed by atoms with Crippen LogP contribution in [-0.2, 0) is 23.2 Å². The van der Waals surface area contributed by atoms with Crippen LogP contribution in [0.1, 0.15) is 11.1 Å². The predicted octanol–water partition coefficient (Wildman–Crippen LogP) is -0.00780. The molecule has 0 aromatic heterocycles. The number of nitrogens with zero attached hydrogens (tertiary/aromatic N) is 4. The third kappa shape index (κ3) is 10.5. The molecule has 0 saturated carbocycles. The molecule has 2 aromatic carbocycles. The lowest BCUT2D eigenvalue weighted by atomic mass is 10.2. The summed E-state index contributed by atoms with van der Waals surface area (Å²) in [5.74, 6) is 0.338. The summed E-state index contributed by atoms with van der Waals surface area (Å²) in [6.07, 6.45) is 2.25. The van der Waals surface area contributed by atoms with Crippen LogP contribution in [-0.4, -0.2) is 68.7 Å². The molecule has 0 radical (unpaired) electrons. The highest BCUT2D eigenvalue weighted by molar-refractivity contribution is 7.79. The van der Waals surface area contributed by atoms with Gasteiger partial charge in [-0.05, 0) is 36.1 Å². The summed E-state index contributed by atoms with van der Waals surface area (Å²) >= 11 is 0. The Kier molecular flexibility index (Phi) is 10.6. The summed E-state index contributed by atoms with van der Waals surface area (Å²) in [7, 11) is -4.67. The van der Waals surface area contributed by atoms with Gasteiger partial charge in [0.2, 0.25) is 0 Å². The van der Waals surface area contributed by atoms with E-state index in [9.17, 15) is 0 Å². The zero-order valence-corrected chi connectivity index (χ0v) is 20.3. The Morgan fingerprint density at radius 3 is 1.43 bits per heavy atom. The Labute approximate surface area is 205 Å². The minimum atomic E-state index is -4.67. The standard InChI is InChI=1S/2C11H16N4.H2O4S/c2*12-11(13)14-6-8-15-7-5-9-3-1-2-4-10(9)15;1-5(2,3)4/h2*1-4H,5-8H2,(H4,12,13,14);(H2,1,2,3,4). The fourth-order valence-electron chi connectivity index (χ4n) is 3.88. The maximum Gasteiger partial charge on any atom is 0.394 e. The molecular weight excluding hydrogens is 472 g/mol. The van der Waals surface area contributed by atoms with Crippen LogP contribution in [0, 0.1) is 0 Å². The van der Waals surface area contributed by atoms with Crippen LogP contribution in [0.3, 0.4) is 0 Å². The molecule has 2 aliphatic heterocycles. The SMILES string of the molecule is NC(N)=NCCN1CCc2ccccc21.NC(N)=NCCN1CCc2ccccc21.O=S(=O)(O)O. The third-order valence-electron chi connectivity index (χ3n) is 5.30. The number of aliphatic imine (C=N–C) groups is 2. The van der Waals surface area contributed by atoms with Crippen LogP contribution in [0.4, 0.5) is 11.4 Å². The summed E-state index contributed by atoms with van der Waals surface area (Å²) in [6.45, 7) is 5.23. The first-order valence-electron chi connectivity index (χ1n) is 11.0. The van der Waals surface area contributed by atoms with Crippen molar-refractivity contribution in [2.75, 3.05) is 49.1 Å². The molecule has 0 aliphatic carbocycles. The average Bonchev–Trinajstić information content (AvgIpc) is 3.37. The first kappa shape index (κ1) is 27.7. The molecule has 35 heavy (non-hydrogen) atoms. The van der Waals surface area contributed by atoms with Crippen molar-refractivity contribution in [1.82, 2.24) is 0 Å². The van der Waals surface area contributed by atoms with E-state index in [2.05, 4.69) is 68.3 Å². The van der Waals surface area contributed by atoms with E-state index in [1.165, 1.54) is 22.5 Å². The maximum atomic E-state index is 8.74. The monoisotopic (exact) mass is 506 g/mol. The Morgan fingerprint density at radius 1 is 0.743 bits per heavy atom. The number of hydrogen-bond acceptors (Lipinski definition) is 6. The van der Waals surface area contributed by atoms with Gasteiger partial charge in [-0.15, -0.1) is 0 Å². The Morgan fingerprint density at radius 2 is 1.09 bits per heavy atom. The van der Waals surface area contributed by atoms with Crippen molar-refractivity contribution in [3.63, 3.8) is 0 Å². The molecule has 10 N–H and O–H groups in total. The zero-order chi connectivity index (χ0) is 25.8. The summed E-state index contributed by atoms with van der Waals surface area (Å²) in [5, 5.41) is 0. The Hall–Kier alpha value is -3.55. The molecular formula is C22H34N8O4S. The first-order valence-corrected chi connectivity index (χ1v) is 12.4. The van der Waals surface area contributed by atoms with Gasteiger partial charge in [-0.2, -0.15) is 8.42 Å². The highest BCUT2D eigenvalue weighted by Gasteiger charge is 2.18. The van der Waals surface area contributed by atoms with Crippen LogP contribution < -0.4 is 32.7 Å². The molecule has 0 unspecified atom stereocenters. The summed E-state index contributed by atoms with van der Waals surface area (Å²) in [4.78, 5) is 12.6. The normalized spacial score (nSPS) is 13.4. The highest BCUT2D eigenvalue weighted by Crippen LogP contribution is 2.27. The molecule has 192 valence electrons. The Bertz CT molecular complexity index is 1030. The van der Waals surface area contributed by atoms with E-state index in [0.29, 0.717) is 13.1 Å². The van der Waals surface area contributed by atoms with E-state index in [1.54, 1.807) is 0 Å². The molecule has 2 aliphatic rings. The first-order chi connectivity index (χ1) is 16.5. The van der Waals surface area contributed by atoms with E-state index in [0.717, 1.165) is 39.0 Å². The van der Waals surface area contributed by atoms with Crippen molar-refractivity contribution in [1.29, 1.82) is 0 Å². The van der Waals surface area contributed by atoms with Gasteiger partial charge in [0.25, 0.3) is 0 Å². The molecule has 4 rings (SSSR count). The molecule has 0 spiro atoms. The third-order valence-corrected chi connectivity index (χ3v) is 5.30. The number of para-hydroxylation sites is 2. The van der Waals surface area contributed by atoms with Crippen molar-refractivity contribution < 1.29 is 17.5 Å². The predicted molar refractivity (Wildman–Crippen MR) is 140 cm³/mol. The van der Waals surface area contributed by atoms with Crippen molar-refractivity contribution in [2.45, 2.75) is 12.8 Å². The van der Waals surface area contributed by atoms with Crippen molar-refractivity contribution in [2.24, 2.45) is 32.9 Å².